The number of nitrogens with zero attached hydrogens (tertiary/aromatic N) is 1. The van der Waals surface area contributed by atoms with Gasteiger partial charge in [0.2, 0.25) is 6.79 Å². The lowest BCUT2D eigenvalue weighted by Crippen LogP contribution is -3.13. The van der Waals surface area contributed by atoms with Crippen LogP contribution >= 0.6 is 0 Å². The van der Waals surface area contributed by atoms with Gasteiger partial charge in [0, 0.05) is 5.56 Å². The fourth-order valence-corrected chi connectivity index (χ4v) is 3.47. The summed E-state index contributed by atoms with van der Waals surface area (Å²) in [6, 6.07) is 14.5. The van der Waals surface area contributed by atoms with Crippen LogP contribution in [-0.2, 0) is 6.54 Å². The molecule has 2 heterocycles. The van der Waals surface area contributed by atoms with E-state index < -0.39 is 0 Å². The van der Waals surface area contributed by atoms with Gasteiger partial charge in [-0.1, -0.05) is 12.1 Å². The van der Waals surface area contributed by atoms with Crippen LogP contribution in [0, 0.1) is 0 Å². The normalized spacial score (nSPS) is 17.1. The molecule has 0 radical (unpaired) electrons. The molecule has 0 aromatic heterocycles. The Morgan fingerprint density at radius 1 is 1.04 bits per heavy atom. The average molecular weight is 327 g/mol. The molecule has 0 spiro atoms. The predicted octanol–water partition coefficient (Wildman–Crippen LogP) is 1.33. The highest BCUT2D eigenvalue weighted by atomic mass is 16.7. The van der Waals surface area contributed by atoms with Crippen LogP contribution in [0.2, 0.25) is 0 Å². The van der Waals surface area contributed by atoms with E-state index in [0.717, 1.165) is 50.0 Å². The molecule has 2 aliphatic heterocycles. The molecular formula is C19H23N2O3+. The van der Waals surface area contributed by atoms with Crippen LogP contribution in [0.4, 0.5) is 5.69 Å². The Hall–Kier alpha value is -2.40. The van der Waals surface area contributed by atoms with E-state index in [9.17, 15) is 0 Å². The molecule has 2 aromatic carbocycles. The predicted molar refractivity (Wildman–Crippen MR) is 92.2 cm³/mol. The number of rotatable bonds is 4. The highest BCUT2D eigenvalue weighted by Crippen LogP contribution is 2.32. The maximum absolute atomic E-state index is 5.49. The molecule has 5 heteroatoms. The summed E-state index contributed by atoms with van der Waals surface area (Å²) in [5, 5.41) is 0. The van der Waals surface area contributed by atoms with Gasteiger partial charge in [-0.25, -0.2) is 0 Å². The van der Waals surface area contributed by atoms with Crippen molar-refractivity contribution in [1.29, 1.82) is 0 Å². The van der Waals surface area contributed by atoms with Crippen LogP contribution in [0.5, 0.6) is 17.2 Å². The van der Waals surface area contributed by atoms with Crippen LogP contribution < -0.4 is 24.0 Å². The van der Waals surface area contributed by atoms with Gasteiger partial charge in [-0.2, -0.15) is 0 Å². The molecule has 2 aromatic rings. The molecule has 1 N–H and O–H groups in total. The Bertz CT molecular complexity index is 712. The third kappa shape index (κ3) is 2.99. The van der Waals surface area contributed by atoms with Crippen LogP contribution in [0.15, 0.2) is 42.5 Å². The van der Waals surface area contributed by atoms with Crippen molar-refractivity contribution in [1.82, 2.24) is 0 Å². The van der Waals surface area contributed by atoms with E-state index in [4.69, 9.17) is 14.2 Å². The zero-order valence-electron chi connectivity index (χ0n) is 14.0. The molecule has 0 saturated carbocycles. The Morgan fingerprint density at radius 2 is 1.83 bits per heavy atom. The minimum Gasteiger partial charge on any atom is -0.495 e. The second kappa shape index (κ2) is 6.61. The van der Waals surface area contributed by atoms with E-state index in [1.54, 1.807) is 12.0 Å². The van der Waals surface area contributed by atoms with Crippen molar-refractivity contribution < 1.29 is 19.1 Å². The van der Waals surface area contributed by atoms with E-state index in [0.29, 0.717) is 6.79 Å². The van der Waals surface area contributed by atoms with Crippen molar-refractivity contribution in [2.45, 2.75) is 6.54 Å². The monoisotopic (exact) mass is 327 g/mol. The van der Waals surface area contributed by atoms with Crippen LogP contribution in [0.3, 0.4) is 0 Å². The van der Waals surface area contributed by atoms with Crippen LogP contribution in [0.1, 0.15) is 5.56 Å². The zero-order valence-corrected chi connectivity index (χ0v) is 14.0. The molecule has 5 nitrogen and oxygen atoms in total. The molecule has 0 unspecified atom stereocenters. The van der Waals surface area contributed by atoms with Crippen molar-refractivity contribution in [2.24, 2.45) is 0 Å². The lowest BCUT2D eigenvalue weighted by molar-refractivity contribution is -0.914. The highest BCUT2D eigenvalue weighted by molar-refractivity contribution is 5.58. The van der Waals surface area contributed by atoms with E-state index >= 15 is 0 Å². The first kappa shape index (κ1) is 15.1. The molecule has 2 aliphatic rings. The van der Waals surface area contributed by atoms with Gasteiger partial charge < -0.3 is 24.0 Å². The fraction of sp³-hybridized carbons (Fsp3) is 0.368. The number of fused-ring (bicyclic) bond motifs is 1. The Balaban J connectivity index is 1.38. The Labute approximate surface area is 142 Å². The zero-order chi connectivity index (χ0) is 16.4. The van der Waals surface area contributed by atoms with Gasteiger partial charge in [0.05, 0.1) is 39.0 Å². The molecule has 1 saturated heterocycles. The number of para-hydroxylation sites is 2. The molecule has 0 bridgehead atoms. The van der Waals surface area contributed by atoms with Crippen molar-refractivity contribution in [3.63, 3.8) is 0 Å². The smallest absolute Gasteiger partial charge is 0.231 e. The minimum absolute atomic E-state index is 0.337. The maximum Gasteiger partial charge on any atom is 0.231 e. The molecule has 0 atom stereocenters. The first-order valence-corrected chi connectivity index (χ1v) is 8.43. The quantitative estimate of drug-likeness (QED) is 0.919. The third-order valence-corrected chi connectivity index (χ3v) is 4.79. The van der Waals surface area contributed by atoms with Gasteiger partial charge in [-0.15, -0.1) is 0 Å². The van der Waals surface area contributed by atoms with E-state index in [1.165, 1.54) is 11.3 Å². The summed E-state index contributed by atoms with van der Waals surface area (Å²) in [6.07, 6.45) is 0. The number of piperazine rings is 1. The summed E-state index contributed by atoms with van der Waals surface area (Å²) in [7, 11) is 1.74. The number of nitrogens with one attached hydrogen (secondary N) is 1. The number of hydrogen-bond donors (Lipinski definition) is 1. The first-order valence-electron chi connectivity index (χ1n) is 8.43. The number of methoxy groups -OCH3 is 1. The van der Waals surface area contributed by atoms with E-state index in [-0.39, 0.29) is 0 Å². The third-order valence-electron chi connectivity index (χ3n) is 4.79. The number of hydrogen-bond acceptors (Lipinski definition) is 4. The molecule has 126 valence electrons. The summed E-state index contributed by atoms with van der Waals surface area (Å²) in [6.45, 7) is 5.68. The summed E-state index contributed by atoms with van der Waals surface area (Å²) < 4.78 is 16.3. The summed E-state index contributed by atoms with van der Waals surface area (Å²) in [5.74, 6) is 2.69. The van der Waals surface area contributed by atoms with Crippen molar-refractivity contribution in [3.8, 4) is 17.2 Å². The van der Waals surface area contributed by atoms with Gasteiger partial charge in [0.25, 0.3) is 0 Å². The lowest BCUT2D eigenvalue weighted by atomic mass is 10.1. The van der Waals surface area contributed by atoms with E-state index in [2.05, 4.69) is 29.2 Å². The van der Waals surface area contributed by atoms with Crippen molar-refractivity contribution >= 4 is 5.69 Å². The van der Waals surface area contributed by atoms with Crippen molar-refractivity contribution in [2.75, 3.05) is 45.0 Å². The second-order valence-electron chi connectivity index (χ2n) is 6.27. The molecule has 0 aliphatic carbocycles. The maximum atomic E-state index is 5.49. The first-order chi connectivity index (χ1) is 11.8. The summed E-state index contributed by atoms with van der Waals surface area (Å²) in [5.41, 5.74) is 2.50. The largest absolute Gasteiger partial charge is 0.495 e. The van der Waals surface area contributed by atoms with Gasteiger partial charge in [-0.3, -0.25) is 0 Å². The van der Waals surface area contributed by atoms with Gasteiger partial charge >= 0.3 is 0 Å². The number of ether oxygens (including phenoxy) is 3. The highest BCUT2D eigenvalue weighted by Gasteiger charge is 2.23. The summed E-state index contributed by atoms with van der Waals surface area (Å²) in [4.78, 5) is 4.02. The molecular weight excluding hydrogens is 304 g/mol. The Morgan fingerprint density at radius 3 is 2.67 bits per heavy atom. The number of quaternary nitrogens is 1. The lowest BCUT2D eigenvalue weighted by Gasteiger charge is -2.34. The Kier molecular flexibility index (Phi) is 4.17. The number of benzene rings is 2. The van der Waals surface area contributed by atoms with Crippen LogP contribution in [0.25, 0.3) is 0 Å². The SMILES string of the molecule is COc1ccccc1N1CC[NH+](Cc2ccc3c(c2)OCO3)CC1. The average Bonchev–Trinajstić information content (AvgIpc) is 3.10. The topological polar surface area (TPSA) is 35.4 Å². The molecule has 0 amide bonds. The second-order valence-corrected chi connectivity index (χ2v) is 6.27. The van der Waals surface area contributed by atoms with Gasteiger partial charge in [0.15, 0.2) is 11.5 Å². The molecule has 4 rings (SSSR count). The van der Waals surface area contributed by atoms with Gasteiger partial charge in [0.1, 0.15) is 12.3 Å². The molecule has 1 fully saturated rings. The van der Waals surface area contributed by atoms with E-state index in [1.807, 2.05) is 18.2 Å². The standard InChI is InChI=1S/C19H22N2O3/c1-22-17-5-3-2-4-16(17)21-10-8-20(9-11-21)13-15-6-7-18-19(12-15)24-14-23-18/h2-7,12H,8-11,13-14H2,1H3/p+1. The summed E-state index contributed by atoms with van der Waals surface area (Å²) >= 11 is 0. The van der Waals surface area contributed by atoms with Crippen molar-refractivity contribution in [3.05, 3.63) is 48.0 Å². The number of anilines is 1. The minimum atomic E-state index is 0.337. The molecule has 24 heavy (non-hydrogen) atoms. The van der Waals surface area contributed by atoms with Crippen LogP contribution in [-0.4, -0.2) is 40.1 Å². The fourth-order valence-electron chi connectivity index (χ4n) is 3.47. The van der Waals surface area contributed by atoms with Gasteiger partial charge in [-0.05, 0) is 30.3 Å².